The Morgan fingerprint density at radius 1 is 1.24 bits per heavy atom. The van der Waals surface area contributed by atoms with Crippen molar-refractivity contribution in [3.63, 3.8) is 0 Å². The van der Waals surface area contributed by atoms with Crippen molar-refractivity contribution in [2.75, 3.05) is 39.4 Å². The molecule has 0 saturated carbocycles. The highest BCUT2D eigenvalue weighted by molar-refractivity contribution is 5.77. The second-order valence-electron chi connectivity index (χ2n) is 5.27. The first kappa shape index (κ1) is 12.8. The zero-order valence-corrected chi connectivity index (χ0v) is 10.8. The number of hydrogen-bond donors (Lipinski definition) is 1. The molecular weight excluding hydrogens is 216 g/mol. The predicted molar refractivity (Wildman–Crippen MR) is 66.8 cm³/mol. The highest BCUT2D eigenvalue weighted by atomic mass is 16.5. The minimum absolute atomic E-state index is 0.163. The third-order valence-electron chi connectivity index (χ3n) is 4.27. The fourth-order valence-corrected chi connectivity index (χ4v) is 2.97. The number of ether oxygens (including phenoxy) is 1. The smallest absolute Gasteiger partial charge is 0.248 e. The lowest BCUT2D eigenvalue weighted by Gasteiger charge is -2.44. The average Bonchev–Trinajstić information content (AvgIpc) is 2.38. The summed E-state index contributed by atoms with van der Waals surface area (Å²) in [5.41, 5.74) is 0.521. The normalized spacial score (nSPS) is 23.9. The second-order valence-corrected chi connectivity index (χ2v) is 5.27. The van der Waals surface area contributed by atoms with Crippen molar-refractivity contribution >= 4 is 5.91 Å². The molecule has 4 heteroatoms. The number of amides is 1. The molecule has 98 valence electrons. The van der Waals surface area contributed by atoms with Gasteiger partial charge in [0, 0.05) is 19.7 Å². The van der Waals surface area contributed by atoms with E-state index in [1.807, 2.05) is 11.8 Å². The zero-order chi connectivity index (χ0) is 12.1. The SMILES string of the molecule is CCOCC(=O)N1CCC2(CCNCC2)CC1. The quantitative estimate of drug-likeness (QED) is 0.800. The summed E-state index contributed by atoms with van der Waals surface area (Å²) in [4.78, 5) is 13.8. The Kier molecular flexibility index (Phi) is 4.40. The minimum Gasteiger partial charge on any atom is -0.372 e. The van der Waals surface area contributed by atoms with Crippen molar-refractivity contribution in [1.82, 2.24) is 10.2 Å². The van der Waals surface area contributed by atoms with Gasteiger partial charge in [-0.15, -0.1) is 0 Å². The van der Waals surface area contributed by atoms with Crippen LogP contribution < -0.4 is 5.32 Å². The van der Waals surface area contributed by atoms with Gasteiger partial charge in [0.15, 0.2) is 0 Å². The molecule has 2 saturated heterocycles. The average molecular weight is 240 g/mol. The molecule has 1 amide bonds. The van der Waals surface area contributed by atoms with E-state index in [2.05, 4.69) is 5.32 Å². The molecule has 0 aromatic rings. The minimum atomic E-state index is 0.163. The molecule has 2 aliphatic heterocycles. The molecule has 17 heavy (non-hydrogen) atoms. The molecule has 2 fully saturated rings. The van der Waals surface area contributed by atoms with Crippen molar-refractivity contribution in [2.24, 2.45) is 5.41 Å². The lowest BCUT2D eigenvalue weighted by Crippen LogP contribution is -2.48. The summed E-state index contributed by atoms with van der Waals surface area (Å²) < 4.78 is 5.18. The Morgan fingerprint density at radius 3 is 2.47 bits per heavy atom. The Balaban J connectivity index is 1.78. The van der Waals surface area contributed by atoms with Crippen LogP contribution in [0.4, 0.5) is 0 Å². The fraction of sp³-hybridized carbons (Fsp3) is 0.923. The number of nitrogens with one attached hydrogen (secondary N) is 1. The van der Waals surface area contributed by atoms with Crippen LogP contribution in [0.1, 0.15) is 32.6 Å². The van der Waals surface area contributed by atoms with E-state index in [0.717, 1.165) is 26.2 Å². The van der Waals surface area contributed by atoms with Crippen LogP contribution >= 0.6 is 0 Å². The number of piperidine rings is 2. The Bertz CT molecular complexity index is 252. The Hall–Kier alpha value is -0.610. The summed E-state index contributed by atoms with van der Waals surface area (Å²) in [6.45, 7) is 6.94. The van der Waals surface area contributed by atoms with E-state index in [9.17, 15) is 4.79 Å². The molecule has 0 bridgehead atoms. The maximum atomic E-state index is 11.8. The number of carbonyl (C=O) groups is 1. The number of likely N-dealkylation sites (tertiary alicyclic amines) is 1. The maximum Gasteiger partial charge on any atom is 0.248 e. The van der Waals surface area contributed by atoms with Crippen molar-refractivity contribution in [3.05, 3.63) is 0 Å². The molecule has 1 spiro atoms. The molecular formula is C13H24N2O2. The molecule has 2 rings (SSSR count). The molecule has 2 aliphatic rings. The first-order chi connectivity index (χ1) is 8.26. The van der Waals surface area contributed by atoms with Gasteiger partial charge in [-0.3, -0.25) is 4.79 Å². The van der Waals surface area contributed by atoms with Gasteiger partial charge in [-0.1, -0.05) is 0 Å². The van der Waals surface area contributed by atoms with Crippen LogP contribution in [-0.4, -0.2) is 50.2 Å². The van der Waals surface area contributed by atoms with Crippen LogP contribution in [0.25, 0.3) is 0 Å². The van der Waals surface area contributed by atoms with Crippen LogP contribution in [-0.2, 0) is 9.53 Å². The highest BCUT2D eigenvalue weighted by Gasteiger charge is 2.36. The van der Waals surface area contributed by atoms with Crippen LogP contribution in [0, 0.1) is 5.41 Å². The lowest BCUT2D eigenvalue weighted by molar-refractivity contribution is -0.138. The van der Waals surface area contributed by atoms with Gasteiger partial charge in [0.05, 0.1) is 0 Å². The van der Waals surface area contributed by atoms with Gasteiger partial charge in [0.25, 0.3) is 0 Å². The van der Waals surface area contributed by atoms with Gasteiger partial charge in [-0.05, 0) is 51.1 Å². The van der Waals surface area contributed by atoms with Crippen molar-refractivity contribution in [1.29, 1.82) is 0 Å². The van der Waals surface area contributed by atoms with Crippen molar-refractivity contribution in [3.8, 4) is 0 Å². The van der Waals surface area contributed by atoms with Gasteiger partial charge in [0.1, 0.15) is 6.61 Å². The van der Waals surface area contributed by atoms with Gasteiger partial charge in [-0.2, -0.15) is 0 Å². The highest BCUT2D eigenvalue weighted by Crippen LogP contribution is 2.39. The lowest BCUT2D eigenvalue weighted by atomic mass is 9.71. The molecule has 0 aromatic carbocycles. The maximum absolute atomic E-state index is 11.8. The first-order valence-electron chi connectivity index (χ1n) is 6.82. The first-order valence-corrected chi connectivity index (χ1v) is 6.82. The third kappa shape index (κ3) is 3.19. The molecule has 0 atom stereocenters. The molecule has 0 radical (unpaired) electrons. The summed E-state index contributed by atoms with van der Waals surface area (Å²) in [5, 5.41) is 3.42. The number of nitrogens with zero attached hydrogens (tertiary/aromatic N) is 1. The van der Waals surface area contributed by atoms with Crippen LogP contribution in [0.15, 0.2) is 0 Å². The number of rotatable bonds is 3. The zero-order valence-electron chi connectivity index (χ0n) is 10.8. The second kappa shape index (κ2) is 5.83. The summed E-state index contributed by atoms with van der Waals surface area (Å²) in [7, 11) is 0. The third-order valence-corrected chi connectivity index (χ3v) is 4.27. The molecule has 1 N–H and O–H groups in total. The molecule has 0 unspecified atom stereocenters. The van der Waals surface area contributed by atoms with Crippen LogP contribution in [0.2, 0.25) is 0 Å². The fourth-order valence-electron chi connectivity index (χ4n) is 2.97. The summed E-state index contributed by atoms with van der Waals surface area (Å²) in [5.74, 6) is 0.163. The summed E-state index contributed by atoms with van der Waals surface area (Å²) in [6.07, 6.45) is 4.90. The number of hydrogen-bond acceptors (Lipinski definition) is 3. The van der Waals surface area contributed by atoms with Crippen molar-refractivity contribution < 1.29 is 9.53 Å². The van der Waals surface area contributed by atoms with E-state index in [1.165, 1.54) is 25.7 Å². The van der Waals surface area contributed by atoms with Gasteiger partial charge < -0.3 is 15.0 Å². The van der Waals surface area contributed by atoms with E-state index in [4.69, 9.17) is 4.74 Å². The summed E-state index contributed by atoms with van der Waals surface area (Å²) >= 11 is 0. The van der Waals surface area contributed by atoms with E-state index in [1.54, 1.807) is 0 Å². The van der Waals surface area contributed by atoms with E-state index < -0.39 is 0 Å². The van der Waals surface area contributed by atoms with Crippen LogP contribution in [0.3, 0.4) is 0 Å². The monoisotopic (exact) mass is 240 g/mol. The van der Waals surface area contributed by atoms with Gasteiger partial charge in [-0.25, -0.2) is 0 Å². The van der Waals surface area contributed by atoms with Crippen molar-refractivity contribution in [2.45, 2.75) is 32.6 Å². The molecule has 0 aromatic heterocycles. The van der Waals surface area contributed by atoms with Gasteiger partial charge in [0.2, 0.25) is 5.91 Å². The molecule has 0 aliphatic carbocycles. The Morgan fingerprint density at radius 2 is 1.88 bits per heavy atom. The van der Waals surface area contributed by atoms with E-state index >= 15 is 0 Å². The molecule has 4 nitrogen and oxygen atoms in total. The number of carbonyl (C=O) groups excluding carboxylic acids is 1. The molecule has 2 heterocycles. The van der Waals surface area contributed by atoms with E-state index in [0.29, 0.717) is 12.0 Å². The largest absolute Gasteiger partial charge is 0.372 e. The predicted octanol–water partition coefficient (Wildman–Crippen LogP) is 1.02. The topological polar surface area (TPSA) is 41.6 Å². The Labute approximate surface area is 104 Å². The van der Waals surface area contributed by atoms with Crippen LogP contribution in [0.5, 0.6) is 0 Å². The summed E-state index contributed by atoms with van der Waals surface area (Å²) in [6, 6.07) is 0. The standard InChI is InChI=1S/C13H24N2O2/c1-2-17-11-12(16)15-9-5-13(6-10-15)3-7-14-8-4-13/h14H,2-11H2,1H3. The van der Waals surface area contributed by atoms with Gasteiger partial charge >= 0.3 is 0 Å². The van der Waals surface area contributed by atoms with E-state index in [-0.39, 0.29) is 12.5 Å².